The van der Waals surface area contributed by atoms with Gasteiger partial charge < -0.3 is 29.8 Å². The normalized spacial score (nSPS) is 22.7. The fourth-order valence-corrected chi connectivity index (χ4v) is 8.47. The minimum absolute atomic E-state index is 0.0680. The number of pyridine rings is 1. The number of nitrogens with two attached hydrogens (primary N) is 1. The van der Waals surface area contributed by atoms with Crippen LogP contribution in [-0.2, 0) is 19.1 Å². The highest BCUT2D eigenvalue weighted by Gasteiger charge is 2.43. The Morgan fingerprint density at radius 3 is 2.65 bits per heavy atom. The maximum absolute atomic E-state index is 11.7. The standard InChI is InChI=1S/C32H46N4O4S.C5H12N2/c1-7-36-29-11-10-24(35-13-14-41-25(18-35)15-23(33)19-37)16-27(29)28(17-32(4,5)20-40-22(3)38)31(36)26-9-8-12-34-30(26)21(2)39-6;1-7-5-3-2-4-6-7/h8-12,16,19,21,23,25,28,31H,7,13-15,17-18,20,33H2,1-6H3;6H,2-5H2,1H3. The second kappa shape index (κ2) is 17.8. The van der Waals surface area contributed by atoms with Crippen LogP contribution in [-0.4, -0.2) is 92.8 Å². The average Bonchev–Trinajstić information content (AvgIpc) is 3.39. The van der Waals surface area contributed by atoms with Gasteiger partial charge in [0, 0.05) is 88.3 Å². The van der Waals surface area contributed by atoms with Crippen molar-refractivity contribution in [3.8, 4) is 0 Å². The number of aldehydes is 1. The first kappa shape index (κ1) is 38.1. The van der Waals surface area contributed by atoms with E-state index in [1.54, 1.807) is 7.11 Å². The fourth-order valence-electron chi connectivity index (χ4n) is 7.17. The minimum Gasteiger partial charge on any atom is -0.465 e. The van der Waals surface area contributed by atoms with E-state index < -0.39 is 6.04 Å². The van der Waals surface area contributed by atoms with E-state index in [4.69, 9.17) is 20.2 Å². The van der Waals surface area contributed by atoms with Crippen molar-refractivity contribution < 1.29 is 19.1 Å². The smallest absolute Gasteiger partial charge is 0.302 e. The van der Waals surface area contributed by atoms with Crippen molar-refractivity contribution in [3.63, 3.8) is 0 Å². The second-order valence-corrected chi connectivity index (χ2v) is 15.5. The van der Waals surface area contributed by atoms with Crippen molar-refractivity contribution in [2.75, 3.05) is 69.0 Å². The number of fused-ring (bicyclic) bond motifs is 1. The Labute approximate surface area is 292 Å². The number of carbonyl (C=O) groups is 2. The quantitative estimate of drug-likeness (QED) is 0.219. The molecule has 5 rings (SSSR count). The molecule has 0 spiro atoms. The molecular formula is C37H58N6O4S. The Bertz CT molecular complexity index is 1340. The van der Waals surface area contributed by atoms with Gasteiger partial charge in [0.15, 0.2) is 0 Å². The molecule has 5 unspecified atom stereocenters. The largest absolute Gasteiger partial charge is 0.465 e. The molecule has 2 saturated heterocycles. The molecule has 11 heteroatoms. The number of aromatic nitrogens is 1. The summed E-state index contributed by atoms with van der Waals surface area (Å²) in [7, 11) is 3.81. The third kappa shape index (κ3) is 9.94. The second-order valence-electron chi connectivity index (χ2n) is 14.1. The molecule has 0 amide bonds. The van der Waals surface area contributed by atoms with Gasteiger partial charge in [-0.2, -0.15) is 11.8 Å². The van der Waals surface area contributed by atoms with Gasteiger partial charge in [0.05, 0.1) is 30.5 Å². The van der Waals surface area contributed by atoms with Gasteiger partial charge in [-0.1, -0.05) is 19.9 Å². The summed E-state index contributed by atoms with van der Waals surface area (Å²) in [5.74, 6) is 0.902. The van der Waals surface area contributed by atoms with E-state index in [1.807, 2.05) is 30.9 Å². The third-order valence-corrected chi connectivity index (χ3v) is 10.9. The van der Waals surface area contributed by atoms with E-state index in [0.29, 0.717) is 18.3 Å². The van der Waals surface area contributed by atoms with E-state index >= 15 is 0 Å². The highest BCUT2D eigenvalue weighted by molar-refractivity contribution is 8.00. The maximum Gasteiger partial charge on any atom is 0.302 e. The molecule has 3 N–H and O–H groups in total. The molecule has 48 heavy (non-hydrogen) atoms. The van der Waals surface area contributed by atoms with Gasteiger partial charge in [-0.15, -0.1) is 0 Å². The molecule has 266 valence electrons. The number of nitrogens with zero attached hydrogens (tertiary/aromatic N) is 4. The topological polar surface area (TPSA) is 113 Å². The summed E-state index contributed by atoms with van der Waals surface area (Å²) in [6, 6.07) is 10.7. The van der Waals surface area contributed by atoms with Crippen LogP contribution >= 0.6 is 11.8 Å². The number of likely N-dealkylation sites (N-methyl/N-ethyl adjacent to an activating group) is 1. The number of benzene rings is 1. The van der Waals surface area contributed by atoms with E-state index in [-0.39, 0.29) is 29.4 Å². The summed E-state index contributed by atoms with van der Waals surface area (Å²) in [5, 5.41) is 2.47. The molecule has 1 aromatic heterocycles. The first-order valence-electron chi connectivity index (χ1n) is 17.5. The van der Waals surface area contributed by atoms with Crippen molar-refractivity contribution >= 4 is 35.4 Å². The van der Waals surface area contributed by atoms with E-state index in [2.05, 4.69) is 72.3 Å². The molecule has 0 aliphatic carbocycles. The number of hydrogen-bond donors (Lipinski definition) is 2. The molecule has 3 aliphatic heterocycles. The van der Waals surface area contributed by atoms with Crippen LogP contribution < -0.4 is 21.0 Å². The van der Waals surface area contributed by atoms with Crippen molar-refractivity contribution in [2.45, 2.75) is 89.7 Å². The first-order valence-corrected chi connectivity index (χ1v) is 18.6. The molecule has 4 heterocycles. The van der Waals surface area contributed by atoms with Crippen LogP contribution in [0.3, 0.4) is 0 Å². The molecule has 0 bridgehead atoms. The van der Waals surface area contributed by atoms with Gasteiger partial charge in [0.25, 0.3) is 0 Å². The lowest BCUT2D eigenvalue weighted by Gasteiger charge is -2.35. The van der Waals surface area contributed by atoms with Crippen LogP contribution in [0.25, 0.3) is 0 Å². The minimum atomic E-state index is -0.418. The molecule has 0 radical (unpaired) electrons. The number of hydrazine groups is 1. The summed E-state index contributed by atoms with van der Waals surface area (Å²) in [5.41, 5.74) is 14.8. The summed E-state index contributed by atoms with van der Waals surface area (Å²) < 4.78 is 11.3. The van der Waals surface area contributed by atoms with Crippen molar-refractivity contribution in [3.05, 3.63) is 53.3 Å². The lowest BCUT2D eigenvalue weighted by atomic mass is 9.76. The SMILES string of the molecule is CCN1c2ccc(N3CCSC(CC(N)C=O)C3)cc2C(CC(C)(C)COC(C)=O)C1c1cccnc1C(C)OC.CN1CCCCN1. The number of thioether (sulfide) groups is 1. The van der Waals surface area contributed by atoms with Crippen LogP contribution in [0.15, 0.2) is 36.5 Å². The molecule has 5 atom stereocenters. The zero-order valence-corrected chi connectivity index (χ0v) is 30.9. The number of rotatable bonds is 12. The number of carbonyl (C=O) groups excluding carboxylic acids is 2. The summed E-state index contributed by atoms with van der Waals surface area (Å²) in [6.45, 7) is 15.5. The monoisotopic (exact) mass is 682 g/mol. The van der Waals surface area contributed by atoms with Crippen LogP contribution in [0.1, 0.15) is 95.2 Å². The van der Waals surface area contributed by atoms with E-state index in [1.165, 1.54) is 48.8 Å². The first-order chi connectivity index (χ1) is 23.0. The van der Waals surface area contributed by atoms with Crippen LogP contribution in [0.5, 0.6) is 0 Å². The zero-order valence-electron chi connectivity index (χ0n) is 30.1. The third-order valence-electron chi connectivity index (χ3n) is 9.66. The Hall–Kier alpha value is -2.70. The summed E-state index contributed by atoms with van der Waals surface area (Å²) in [4.78, 5) is 32.6. The van der Waals surface area contributed by atoms with Gasteiger partial charge in [-0.05, 0) is 80.3 Å². The zero-order chi connectivity index (χ0) is 34.8. The maximum atomic E-state index is 11.7. The molecule has 2 aromatic rings. The van der Waals surface area contributed by atoms with E-state index in [0.717, 1.165) is 50.3 Å². The molecule has 10 nitrogen and oxygen atoms in total. The Morgan fingerprint density at radius 2 is 2.02 bits per heavy atom. The predicted octanol–water partition coefficient (Wildman–Crippen LogP) is 5.49. The van der Waals surface area contributed by atoms with Gasteiger partial charge in [-0.3, -0.25) is 15.2 Å². The number of hydrogen-bond acceptors (Lipinski definition) is 11. The van der Waals surface area contributed by atoms with Gasteiger partial charge in [-0.25, -0.2) is 5.01 Å². The van der Waals surface area contributed by atoms with Gasteiger partial charge in [0.2, 0.25) is 0 Å². The number of esters is 1. The highest BCUT2D eigenvalue weighted by Crippen LogP contribution is 2.54. The average molecular weight is 683 g/mol. The van der Waals surface area contributed by atoms with Crippen molar-refractivity contribution in [1.29, 1.82) is 0 Å². The highest BCUT2D eigenvalue weighted by atomic mass is 32.2. The van der Waals surface area contributed by atoms with Crippen molar-refractivity contribution in [1.82, 2.24) is 15.4 Å². The predicted molar refractivity (Wildman–Crippen MR) is 197 cm³/mol. The number of ether oxygens (including phenoxy) is 2. The van der Waals surface area contributed by atoms with Gasteiger partial charge in [0.1, 0.15) is 6.29 Å². The molecular weight excluding hydrogens is 625 g/mol. The van der Waals surface area contributed by atoms with Crippen LogP contribution in [0, 0.1) is 5.41 Å². The fraction of sp³-hybridized carbons (Fsp3) is 0.649. The molecule has 1 aromatic carbocycles. The molecule has 2 fully saturated rings. The lowest BCUT2D eigenvalue weighted by Crippen LogP contribution is -2.40. The summed E-state index contributed by atoms with van der Waals surface area (Å²) >= 11 is 1.91. The lowest BCUT2D eigenvalue weighted by molar-refractivity contribution is -0.144. The Balaban J connectivity index is 0.000000659. The van der Waals surface area contributed by atoms with E-state index in [9.17, 15) is 9.59 Å². The Morgan fingerprint density at radius 1 is 1.23 bits per heavy atom. The number of anilines is 2. The Kier molecular flexibility index (Phi) is 14.1. The molecule has 0 saturated carbocycles. The number of nitrogens with one attached hydrogen (secondary N) is 1. The van der Waals surface area contributed by atoms with Crippen LogP contribution in [0.2, 0.25) is 0 Å². The van der Waals surface area contributed by atoms with Crippen molar-refractivity contribution in [2.24, 2.45) is 11.1 Å². The van der Waals surface area contributed by atoms with Gasteiger partial charge >= 0.3 is 5.97 Å². The molecule has 3 aliphatic rings. The number of methoxy groups -OCH3 is 1. The van der Waals surface area contributed by atoms with Crippen LogP contribution in [0.4, 0.5) is 11.4 Å². The summed E-state index contributed by atoms with van der Waals surface area (Å²) in [6.07, 6.45) is 6.77.